The van der Waals surface area contributed by atoms with Crippen molar-refractivity contribution in [1.29, 1.82) is 0 Å². The van der Waals surface area contributed by atoms with Gasteiger partial charge in [-0.25, -0.2) is 0 Å². The van der Waals surface area contributed by atoms with Crippen LogP contribution in [0.1, 0.15) is 31.9 Å². The van der Waals surface area contributed by atoms with E-state index in [0.29, 0.717) is 28.6 Å². The lowest BCUT2D eigenvalue weighted by Crippen LogP contribution is -2.14. The summed E-state index contributed by atoms with van der Waals surface area (Å²) in [7, 11) is 0. The molecule has 7 heteroatoms. The van der Waals surface area contributed by atoms with Crippen molar-refractivity contribution < 1.29 is 4.79 Å². The minimum atomic E-state index is -0.106. The predicted molar refractivity (Wildman–Crippen MR) is 110 cm³/mol. The monoisotopic (exact) mass is 408 g/mol. The van der Waals surface area contributed by atoms with E-state index in [2.05, 4.69) is 5.32 Å². The minimum absolute atomic E-state index is 0.0101. The number of thiazole rings is 1. The van der Waals surface area contributed by atoms with Gasteiger partial charge in [-0.3, -0.25) is 14.2 Å². The van der Waals surface area contributed by atoms with Crippen LogP contribution in [-0.2, 0) is 11.2 Å². The molecule has 1 aromatic heterocycles. The van der Waals surface area contributed by atoms with E-state index in [1.54, 1.807) is 16.7 Å². The molecule has 3 aromatic rings. The molecule has 0 unspecified atom stereocenters. The van der Waals surface area contributed by atoms with Crippen LogP contribution in [0.25, 0.3) is 10.2 Å². The quantitative estimate of drug-likeness (QED) is 0.603. The van der Waals surface area contributed by atoms with Gasteiger partial charge in [0, 0.05) is 28.2 Å². The largest absolute Gasteiger partial charge is 0.326 e. The molecule has 0 aliphatic rings. The maximum absolute atomic E-state index is 12.2. The van der Waals surface area contributed by atoms with Crippen LogP contribution >= 0.6 is 34.5 Å². The lowest BCUT2D eigenvalue weighted by atomic mass is 10.1. The second-order valence-corrected chi connectivity index (χ2v) is 8.13. The van der Waals surface area contributed by atoms with E-state index in [1.807, 2.05) is 38.1 Å². The summed E-state index contributed by atoms with van der Waals surface area (Å²) in [5.74, 6) is -0.106. The molecule has 0 aliphatic carbocycles. The van der Waals surface area contributed by atoms with Crippen molar-refractivity contribution in [1.82, 2.24) is 4.57 Å². The number of carbonyl (C=O) groups is 1. The lowest BCUT2D eigenvalue weighted by Gasteiger charge is -2.09. The van der Waals surface area contributed by atoms with Crippen LogP contribution in [0.5, 0.6) is 0 Å². The zero-order valence-corrected chi connectivity index (χ0v) is 16.7. The van der Waals surface area contributed by atoms with Gasteiger partial charge in [-0.2, -0.15) is 0 Å². The molecule has 136 valence electrons. The molecule has 3 rings (SSSR count). The molecule has 1 N–H and O–H groups in total. The molecule has 0 fully saturated rings. The fourth-order valence-corrected chi connectivity index (χ4v) is 4.35. The number of fused-ring (bicyclic) bond motifs is 1. The first-order chi connectivity index (χ1) is 12.3. The Kier molecular flexibility index (Phi) is 5.70. The van der Waals surface area contributed by atoms with E-state index in [9.17, 15) is 9.59 Å². The molecule has 0 spiro atoms. The van der Waals surface area contributed by atoms with Crippen molar-refractivity contribution in [3.8, 4) is 0 Å². The van der Waals surface area contributed by atoms with Crippen molar-refractivity contribution in [2.24, 2.45) is 0 Å². The van der Waals surface area contributed by atoms with Crippen LogP contribution < -0.4 is 10.2 Å². The van der Waals surface area contributed by atoms with Gasteiger partial charge in [0.15, 0.2) is 0 Å². The predicted octanol–water partition coefficient (Wildman–Crippen LogP) is 5.52. The highest BCUT2D eigenvalue weighted by Crippen LogP contribution is 2.25. The van der Waals surface area contributed by atoms with Crippen molar-refractivity contribution in [3.63, 3.8) is 0 Å². The van der Waals surface area contributed by atoms with Gasteiger partial charge in [0.25, 0.3) is 0 Å². The van der Waals surface area contributed by atoms with Crippen LogP contribution in [0.3, 0.4) is 0 Å². The summed E-state index contributed by atoms with van der Waals surface area (Å²) < 4.78 is 2.62. The zero-order valence-electron chi connectivity index (χ0n) is 14.4. The van der Waals surface area contributed by atoms with Gasteiger partial charge in [0.05, 0.1) is 10.2 Å². The molecule has 1 heterocycles. The van der Waals surface area contributed by atoms with Crippen LogP contribution in [0, 0.1) is 0 Å². The van der Waals surface area contributed by atoms with E-state index >= 15 is 0 Å². The molecule has 0 atom stereocenters. The summed E-state index contributed by atoms with van der Waals surface area (Å²) in [5, 5.41) is 4.01. The van der Waals surface area contributed by atoms with Gasteiger partial charge in [-0.15, -0.1) is 0 Å². The number of nitrogens with zero attached hydrogens (tertiary/aromatic N) is 1. The number of amides is 1. The van der Waals surface area contributed by atoms with Gasteiger partial charge in [-0.1, -0.05) is 40.6 Å². The molecule has 1 amide bonds. The third kappa shape index (κ3) is 4.11. The molecule has 0 saturated heterocycles. The summed E-state index contributed by atoms with van der Waals surface area (Å²) in [6.07, 6.45) is 0.837. The van der Waals surface area contributed by atoms with Crippen LogP contribution in [0.2, 0.25) is 10.0 Å². The highest BCUT2D eigenvalue weighted by molar-refractivity contribution is 7.16. The first-order valence-corrected chi connectivity index (χ1v) is 9.81. The Bertz CT molecular complexity index is 1020. The maximum Gasteiger partial charge on any atom is 0.308 e. The van der Waals surface area contributed by atoms with Gasteiger partial charge in [0.2, 0.25) is 5.91 Å². The Balaban J connectivity index is 1.70. The average molecular weight is 409 g/mol. The zero-order chi connectivity index (χ0) is 18.8. The van der Waals surface area contributed by atoms with Crippen molar-refractivity contribution in [2.75, 3.05) is 5.32 Å². The maximum atomic E-state index is 12.2. The first-order valence-electron chi connectivity index (χ1n) is 8.24. The topological polar surface area (TPSA) is 51.1 Å². The number of carbonyl (C=O) groups excluding carboxylic acids is 1. The Labute approximate surface area is 165 Å². The van der Waals surface area contributed by atoms with E-state index in [0.717, 1.165) is 15.8 Å². The number of anilines is 1. The van der Waals surface area contributed by atoms with Gasteiger partial charge < -0.3 is 5.32 Å². The molecule has 26 heavy (non-hydrogen) atoms. The number of hydrogen-bond donors (Lipinski definition) is 1. The Morgan fingerprint density at radius 2 is 1.96 bits per heavy atom. The summed E-state index contributed by atoms with van der Waals surface area (Å²) >= 11 is 13.2. The van der Waals surface area contributed by atoms with E-state index < -0.39 is 0 Å². The smallest absolute Gasteiger partial charge is 0.308 e. The molecule has 0 bridgehead atoms. The highest BCUT2D eigenvalue weighted by atomic mass is 35.5. The number of aryl methyl sites for hydroxylation is 1. The second-order valence-electron chi connectivity index (χ2n) is 6.30. The number of rotatable bonds is 5. The molecular weight excluding hydrogens is 391 g/mol. The summed E-state index contributed by atoms with van der Waals surface area (Å²) in [6, 6.07) is 10.9. The number of nitrogens with one attached hydrogen (secondary N) is 1. The average Bonchev–Trinajstić information content (AvgIpc) is 2.89. The van der Waals surface area contributed by atoms with Gasteiger partial charge in [-0.05, 0) is 56.2 Å². The summed E-state index contributed by atoms with van der Waals surface area (Å²) in [4.78, 5) is 24.3. The fraction of sp³-hybridized carbons (Fsp3) is 0.263. The second kappa shape index (κ2) is 7.82. The lowest BCUT2D eigenvalue weighted by molar-refractivity contribution is -0.116. The van der Waals surface area contributed by atoms with Crippen molar-refractivity contribution in [3.05, 3.63) is 61.7 Å². The summed E-state index contributed by atoms with van der Waals surface area (Å²) in [6.45, 7) is 3.95. The van der Waals surface area contributed by atoms with Crippen LogP contribution in [0.4, 0.5) is 5.69 Å². The van der Waals surface area contributed by atoms with Gasteiger partial charge in [0.1, 0.15) is 0 Å². The standard InChI is InChI=1S/C19H18Cl2N2O2S/c1-11(2)23-16-7-6-14(10-17(16)26-19(23)25)22-18(24)8-4-12-3-5-13(20)9-15(12)21/h3,5-7,9-11H,4,8H2,1-2H3,(H,22,24). The summed E-state index contributed by atoms with van der Waals surface area (Å²) in [5.41, 5.74) is 2.46. The molecule has 0 saturated carbocycles. The molecule has 0 radical (unpaired) electrons. The molecule has 4 nitrogen and oxygen atoms in total. The molecule has 0 aliphatic heterocycles. The fourth-order valence-electron chi connectivity index (χ4n) is 2.80. The van der Waals surface area contributed by atoms with Crippen molar-refractivity contribution >= 4 is 56.3 Å². The number of halogens is 2. The third-order valence-electron chi connectivity index (χ3n) is 4.05. The SMILES string of the molecule is CC(C)n1c(=O)sc2cc(NC(=O)CCc3ccc(Cl)cc3Cl)ccc21. The normalized spacial score (nSPS) is 11.3. The van der Waals surface area contributed by atoms with E-state index in [4.69, 9.17) is 23.2 Å². The Hall–Kier alpha value is -1.82. The van der Waals surface area contributed by atoms with Crippen LogP contribution in [-0.4, -0.2) is 10.5 Å². The first kappa shape index (κ1) is 19.0. The Morgan fingerprint density at radius 3 is 2.65 bits per heavy atom. The van der Waals surface area contributed by atoms with Crippen molar-refractivity contribution in [2.45, 2.75) is 32.7 Å². The minimum Gasteiger partial charge on any atom is -0.326 e. The van der Waals surface area contributed by atoms with Gasteiger partial charge >= 0.3 is 4.87 Å². The van der Waals surface area contributed by atoms with E-state index in [1.165, 1.54) is 11.3 Å². The Morgan fingerprint density at radius 1 is 1.19 bits per heavy atom. The van der Waals surface area contributed by atoms with E-state index in [-0.39, 0.29) is 16.8 Å². The number of hydrogen-bond acceptors (Lipinski definition) is 3. The highest BCUT2D eigenvalue weighted by Gasteiger charge is 2.12. The third-order valence-corrected chi connectivity index (χ3v) is 5.56. The molecular formula is C19H18Cl2N2O2S. The number of aromatic nitrogens is 1. The number of benzene rings is 2. The molecule has 2 aromatic carbocycles. The van der Waals surface area contributed by atoms with Crippen LogP contribution in [0.15, 0.2) is 41.2 Å².